The Kier molecular flexibility index (Phi) is 8.19. The predicted octanol–water partition coefficient (Wildman–Crippen LogP) is 1.71. The highest BCUT2D eigenvalue weighted by Gasteiger charge is 2.35. The van der Waals surface area contributed by atoms with Crippen LogP contribution in [0.2, 0.25) is 0 Å². The maximum Gasteiger partial charge on any atom is 0.321 e. The van der Waals surface area contributed by atoms with Crippen molar-refractivity contribution in [1.29, 1.82) is 0 Å². The number of hydrogen-bond acceptors (Lipinski definition) is 6. The summed E-state index contributed by atoms with van der Waals surface area (Å²) in [6.45, 7) is 9.31. The lowest BCUT2D eigenvalue weighted by molar-refractivity contribution is -0.153. The van der Waals surface area contributed by atoms with Gasteiger partial charge in [-0.2, -0.15) is 4.31 Å². The van der Waals surface area contributed by atoms with E-state index < -0.39 is 40.5 Å². The van der Waals surface area contributed by atoms with Gasteiger partial charge in [0.1, 0.15) is 0 Å². The SMILES string of the molecule is CCNC(=O)NC(=O)COC(=O)C1CCN(S(=O)(=O)c2c(C)c(C)cc(C)c2C)CC1. The zero-order valence-corrected chi connectivity index (χ0v) is 19.5. The van der Waals surface area contributed by atoms with Crippen LogP contribution in [0.5, 0.6) is 0 Å². The molecule has 2 N–H and O–H groups in total. The Bertz CT molecular complexity index is 940. The van der Waals surface area contributed by atoms with Crippen LogP contribution in [0.3, 0.4) is 0 Å². The fraction of sp³-hybridized carbons (Fsp3) is 0.571. The molecule has 31 heavy (non-hydrogen) atoms. The van der Waals surface area contributed by atoms with E-state index in [4.69, 9.17) is 4.74 Å². The molecule has 1 aliphatic rings. The summed E-state index contributed by atoms with van der Waals surface area (Å²) >= 11 is 0. The highest BCUT2D eigenvalue weighted by molar-refractivity contribution is 7.89. The van der Waals surface area contributed by atoms with E-state index in [2.05, 4.69) is 10.6 Å². The third-order valence-corrected chi connectivity index (χ3v) is 7.79. The number of sulfonamides is 1. The summed E-state index contributed by atoms with van der Waals surface area (Å²) < 4.78 is 33.0. The summed E-state index contributed by atoms with van der Waals surface area (Å²) in [6.07, 6.45) is 0.609. The smallest absolute Gasteiger partial charge is 0.321 e. The van der Waals surface area contributed by atoms with Gasteiger partial charge in [-0.05, 0) is 69.7 Å². The summed E-state index contributed by atoms with van der Waals surface area (Å²) in [5.41, 5.74) is 3.32. The van der Waals surface area contributed by atoms with Crippen molar-refractivity contribution in [1.82, 2.24) is 14.9 Å². The van der Waals surface area contributed by atoms with Crippen LogP contribution in [0.4, 0.5) is 4.79 Å². The fourth-order valence-corrected chi connectivity index (χ4v) is 5.70. The molecule has 0 saturated carbocycles. The van der Waals surface area contributed by atoms with Crippen molar-refractivity contribution >= 4 is 27.9 Å². The van der Waals surface area contributed by atoms with Gasteiger partial charge in [-0.1, -0.05) is 6.07 Å². The number of rotatable bonds is 6. The van der Waals surface area contributed by atoms with Gasteiger partial charge in [0.2, 0.25) is 10.0 Å². The molecule has 1 aliphatic heterocycles. The Morgan fingerprint density at radius 3 is 2.13 bits per heavy atom. The molecule has 9 nitrogen and oxygen atoms in total. The maximum absolute atomic E-state index is 13.3. The third-order valence-electron chi connectivity index (χ3n) is 5.62. The first-order valence-electron chi connectivity index (χ1n) is 10.3. The Hall–Kier alpha value is -2.46. The number of esters is 1. The predicted molar refractivity (Wildman–Crippen MR) is 115 cm³/mol. The molecule has 0 spiro atoms. The van der Waals surface area contributed by atoms with Crippen molar-refractivity contribution in [2.45, 2.75) is 52.4 Å². The van der Waals surface area contributed by atoms with E-state index in [-0.39, 0.29) is 13.1 Å². The minimum absolute atomic E-state index is 0.194. The largest absolute Gasteiger partial charge is 0.455 e. The number of aryl methyl sites for hydroxylation is 2. The first-order valence-corrected chi connectivity index (χ1v) is 11.7. The Morgan fingerprint density at radius 2 is 1.61 bits per heavy atom. The number of nitrogens with zero attached hydrogens (tertiary/aromatic N) is 1. The lowest BCUT2D eigenvalue weighted by atomic mass is 9.98. The molecule has 0 aromatic heterocycles. The summed E-state index contributed by atoms with van der Waals surface area (Å²) in [5, 5.41) is 4.45. The summed E-state index contributed by atoms with van der Waals surface area (Å²) in [7, 11) is -3.69. The number of urea groups is 1. The van der Waals surface area contributed by atoms with Crippen LogP contribution in [0.1, 0.15) is 42.0 Å². The van der Waals surface area contributed by atoms with Gasteiger partial charge in [0, 0.05) is 19.6 Å². The number of amides is 3. The molecular weight excluding hydrogens is 422 g/mol. The molecule has 2 rings (SSSR count). The van der Waals surface area contributed by atoms with E-state index in [1.807, 2.05) is 33.8 Å². The van der Waals surface area contributed by atoms with Crippen LogP contribution in [0.15, 0.2) is 11.0 Å². The minimum atomic E-state index is -3.69. The molecular formula is C21H31N3O6S. The van der Waals surface area contributed by atoms with E-state index in [0.29, 0.717) is 24.3 Å². The molecule has 1 aromatic rings. The van der Waals surface area contributed by atoms with Gasteiger partial charge in [0.15, 0.2) is 6.61 Å². The number of carbonyl (C=O) groups excluding carboxylic acids is 3. The number of carbonyl (C=O) groups is 3. The molecule has 0 atom stereocenters. The fourth-order valence-electron chi connectivity index (χ4n) is 3.65. The molecule has 3 amide bonds. The van der Waals surface area contributed by atoms with Gasteiger partial charge in [-0.15, -0.1) is 0 Å². The van der Waals surface area contributed by atoms with Crippen LogP contribution in [0, 0.1) is 33.6 Å². The highest BCUT2D eigenvalue weighted by Crippen LogP contribution is 2.31. The summed E-state index contributed by atoms with van der Waals surface area (Å²) in [4.78, 5) is 35.5. The number of ether oxygens (including phenoxy) is 1. The molecule has 0 radical (unpaired) electrons. The van der Waals surface area contributed by atoms with E-state index in [0.717, 1.165) is 22.3 Å². The molecule has 1 heterocycles. The number of benzene rings is 1. The van der Waals surface area contributed by atoms with Crippen molar-refractivity contribution in [3.05, 3.63) is 28.3 Å². The molecule has 0 bridgehead atoms. The van der Waals surface area contributed by atoms with Gasteiger partial charge in [0.25, 0.3) is 5.91 Å². The quantitative estimate of drug-likeness (QED) is 0.633. The second-order valence-electron chi connectivity index (χ2n) is 7.78. The summed E-state index contributed by atoms with van der Waals surface area (Å²) in [5.74, 6) is -1.79. The standard InChI is InChI=1S/C21H31N3O6S/c1-6-22-21(27)23-18(25)12-30-20(26)17-7-9-24(10-8-17)31(28,29)19-15(4)13(2)11-14(3)16(19)5/h11,17H,6-10,12H2,1-5H3,(H2,22,23,25,27). The first kappa shape index (κ1) is 24.8. The van der Waals surface area contributed by atoms with Gasteiger partial charge >= 0.3 is 12.0 Å². The third kappa shape index (κ3) is 5.82. The number of piperidine rings is 1. The normalized spacial score (nSPS) is 15.4. The van der Waals surface area contributed by atoms with E-state index in [1.54, 1.807) is 6.92 Å². The van der Waals surface area contributed by atoms with Gasteiger partial charge in [-0.25, -0.2) is 13.2 Å². The molecule has 1 fully saturated rings. The van der Waals surface area contributed by atoms with Gasteiger partial charge < -0.3 is 10.1 Å². The second-order valence-corrected chi connectivity index (χ2v) is 9.66. The van der Waals surface area contributed by atoms with Crippen LogP contribution in [-0.4, -0.2) is 56.9 Å². The molecule has 172 valence electrons. The number of nitrogens with one attached hydrogen (secondary N) is 2. The monoisotopic (exact) mass is 453 g/mol. The minimum Gasteiger partial charge on any atom is -0.455 e. The Labute approximate surface area is 183 Å². The van der Waals surface area contributed by atoms with Crippen molar-refractivity contribution in [3.63, 3.8) is 0 Å². The first-order chi connectivity index (χ1) is 14.5. The average Bonchev–Trinajstić information content (AvgIpc) is 2.70. The number of imide groups is 1. The van der Waals surface area contributed by atoms with Crippen molar-refractivity contribution in [2.24, 2.45) is 5.92 Å². The lowest BCUT2D eigenvalue weighted by Crippen LogP contribution is -2.43. The molecule has 10 heteroatoms. The topological polar surface area (TPSA) is 122 Å². The van der Waals surface area contributed by atoms with E-state index >= 15 is 0 Å². The molecule has 1 saturated heterocycles. The Balaban J connectivity index is 1.97. The van der Waals surface area contributed by atoms with Crippen molar-refractivity contribution < 1.29 is 27.5 Å². The lowest BCUT2D eigenvalue weighted by Gasteiger charge is -2.31. The maximum atomic E-state index is 13.3. The average molecular weight is 454 g/mol. The van der Waals surface area contributed by atoms with E-state index in [9.17, 15) is 22.8 Å². The molecule has 0 aliphatic carbocycles. The van der Waals surface area contributed by atoms with Crippen molar-refractivity contribution in [3.8, 4) is 0 Å². The number of hydrogen-bond donors (Lipinski definition) is 2. The highest BCUT2D eigenvalue weighted by atomic mass is 32.2. The Morgan fingerprint density at radius 1 is 1.06 bits per heavy atom. The zero-order valence-electron chi connectivity index (χ0n) is 18.7. The second kappa shape index (κ2) is 10.2. The zero-order chi connectivity index (χ0) is 23.3. The van der Waals surface area contributed by atoms with Crippen LogP contribution in [-0.2, 0) is 24.3 Å². The molecule has 0 unspecified atom stereocenters. The van der Waals surface area contributed by atoms with Gasteiger partial charge in [0.05, 0.1) is 10.8 Å². The summed E-state index contributed by atoms with van der Waals surface area (Å²) in [6, 6.07) is 1.33. The van der Waals surface area contributed by atoms with Crippen LogP contribution < -0.4 is 10.6 Å². The van der Waals surface area contributed by atoms with Gasteiger partial charge in [-0.3, -0.25) is 14.9 Å². The van der Waals surface area contributed by atoms with Crippen LogP contribution >= 0.6 is 0 Å². The van der Waals surface area contributed by atoms with E-state index in [1.165, 1.54) is 4.31 Å². The van der Waals surface area contributed by atoms with Crippen molar-refractivity contribution in [2.75, 3.05) is 26.2 Å². The van der Waals surface area contributed by atoms with Crippen LogP contribution in [0.25, 0.3) is 0 Å². The molecule has 1 aromatic carbocycles.